The summed E-state index contributed by atoms with van der Waals surface area (Å²) in [6.45, 7) is 9.82. The van der Waals surface area contributed by atoms with E-state index in [1.54, 1.807) is 13.8 Å². The lowest BCUT2D eigenvalue weighted by molar-refractivity contribution is -0.907. The number of thiazole rings is 1. The van der Waals surface area contributed by atoms with Crippen molar-refractivity contribution in [2.45, 2.75) is 39.9 Å². The van der Waals surface area contributed by atoms with E-state index >= 15 is 0 Å². The van der Waals surface area contributed by atoms with Crippen molar-refractivity contribution in [2.24, 2.45) is 0 Å². The van der Waals surface area contributed by atoms with Crippen LogP contribution in [0.2, 0.25) is 0 Å². The number of aryl methyl sites for hydroxylation is 1. The molecule has 1 aromatic heterocycles. The van der Waals surface area contributed by atoms with Gasteiger partial charge in [-0.3, -0.25) is 10.1 Å². The van der Waals surface area contributed by atoms with Crippen LogP contribution < -0.4 is 10.2 Å². The molecule has 0 spiro atoms. The predicted octanol–water partition coefficient (Wildman–Crippen LogP) is 0.259. The van der Waals surface area contributed by atoms with E-state index in [0.717, 1.165) is 24.4 Å². The average Bonchev–Trinajstić information content (AvgIpc) is 2.78. The van der Waals surface area contributed by atoms with Crippen LogP contribution in [0, 0.1) is 6.92 Å². The predicted molar refractivity (Wildman–Crippen MR) is 87.0 cm³/mol. The molecular formula is C15H24N3O4S+. The third-order valence-electron chi connectivity index (χ3n) is 3.53. The normalized spacial score (nSPS) is 24.3. The van der Waals surface area contributed by atoms with Crippen LogP contribution in [0.1, 0.15) is 36.1 Å². The zero-order chi connectivity index (χ0) is 17.0. The van der Waals surface area contributed by atoms with E-state index in [9.17, 15) is 9.59 Å². The lowest BCUT2D eigenvalue weighted by Gasteiger charge is -2.31. The number of hydrogen-bond acceptors (Lipinski definition) is 6. The van der Waals surface area contributed by atoms with Gasteiger partial charge in [-0.1, -0.05) is 11.3 Å². The van der Waals surface area contributed by atoms with E-state index in [-0.39, 0.29) is 18.1 Å². The summed E-state index contributed by atoms with van der Waals surface area (Å²) >= 11 is 1.15. The molecule has 8 heteroatoms. The molecule has 1 aromatic rings. The molecule has 1 fully saturated rings. The Balaban J connectivity index is 1.93. The maximum atomic E-state index is 12.2. The van der Waals surface area contributed by atoms with Crippen molar-refractivity contribution in [3.05, 3.63) is 10.6 Å². The topological polar surface area (TPSA) is 82.0 Å². The SMILES string of the molecule is CCOC(=O)c1sc(NC(=O)C[NH+]2C[C@@H](C)O[C@@H](C)C2)nc1C. The van der Waals surface area contributed by atoms with Gasteiger partial charge in [0.1, 0.15) is 30.2 Å². The molecule has 1 aliphatic heterocycles. The second-order valence-corrected chi connectivity index (χ2v) is 6.79. The molecule has 128 valence electrons. The first kappa shape index (κ1) is 17.8. The van der Waals surface area contributed by atoms with Gasteiger partial charge in [-0.05, 0) is 27.7 Å². The highest BCUT2D eigenvalue weighted by molar-refractivity contribution is 7.17. The van der Waals surface area contributed by atoms with Crippen LogP contribution in [0.25, 0.3) is 0 Å². The molecular weight excluding hydrogens is 318 g/mol. The summed E-state index contributed by atoms with van der Waals surface area (Å²) in [5.74, 6) is -0.505. The monoisotopic (exact) mass is 342 g/mol. The molecule has 2 rings (SSSR count). The first-order chi connectivity index (χ1) is 10.9. The highest BCUT2D eigenvalue weighted by Gasteiger charge is 2.27. The number of morpholine rings is 1. The Labute approximate surface area is 140 Å². The van der Waals surface area contributed by atoms with E-state index in [4.69, 9.17) is 9.47 Å². The molecule has 1 amide bonds. The molecule has 0 saturated carbocycles. The maximum absolute atomic E-state index is 12.2. The number of nitrogens with one attached hydrogen (secondary N) is 2. The number of carbonyl (C=O) groups excluding carboxylic acids is 2. The number of quaternary nitrogens is 1. The van der Waals surface area contributed by atoms with Crippen LogP contribution in [0.4, 0.5) is 5.13 Å². The molecule has 0 radical (unpaired) electrons. The highest BCUT2D eigenvalue weighted by Crippen LogP contribution is 2.23. The average molecular weight is 342 g/mol. The molecule has 1 aliphatic rings. The second kappa shape index (κ2) is 7.85. The van der Waals surface area contributed by atoms with Gasteiger partial charge in [0.15, 0.2) is 11.7 Å². The molecule has 2 N–H and O–H groups in total. The molecule has 1 unspecified atom stereocenters. The lowest BCUT2D eigenvalue weighted by Crippen LogP contribution is -3.16. The van der Waals surface area contributed by atoms with Gasteiger partial charge >= 0.3 is 5.97 Å². The van der Waals surface area contributed by atoms with Crippen LogP contribution in [-0.2, 0) is 14.3 Å². The van der Waals surface area contributed by atoms with Crippen LogP contribution in [0.5, 0.6) is 0 Å². The number of hydrogen-bond donors (Lipinski definition) is 2. The summed E-state index contributed by atoms with van der Waals surface area (Å²) in [6.07, 6.45) is 0.304. The van der Waals surface area contributed by atoms with Crippen molar-refractivity contribution in [1.82, 2.24) is 4.98 Å². The quantitative estimate of drug-likeness (QED) is 0.750. The number of anilines is 1. The summed E-state index contributed by atoms with van der Waals surface area (Å²) in [4.78, 5) is 29.8. The van der Waals surface area contributed by atoms with Gasteiger partial charge in [0.05, 0.1) is 12.3 Å². The molecule has 0 bridgehead atoms. The summed E-state index contributed by atoms with van der Waals surface area (Å²) < 4.78 is 10.6. The number of esters is 1. The molecule has 7 nitrogen and oxygen atoms in total. The van der Waals surface area contributed by atoms with Crippen molar-refractivity contribution in [3.8, 4) is 0 Å². The molecule has 1 saturated heterocycles. The van der Waals surface area contributed by atoms with Crippen molar-refractivity contribution in [2.75, 3.05) is 31.6 Å². The first-order valence-corrected chi connectivity index (χ1v) is 8.64. The fourth-order valence-electron chi connectivity index (χ4n) is 2.76. The zero-order valence-electron chi connectivity index (χ0n) is 14.0. The number of rotatable bonds is 5. The Bertz CT molecular complexity index is 565. The third-order valence-corrected chi connectivity index (χ3v) is 4.58. The number of amides is 1. The number of nitrogens with zero attached hydrogens (tertiary/aromatic N) is 1. The van der Waals surface area contributed by atoms with Crippen molar-refractivity contribution in [3.63, 3.8) is 0 Å². The van der Waals surface area contributed by atoms with E-state index in [1.165, 1.54) is 4.90 Å². The van der Waals surface area contributed by atoms with Crippen molar-refractivity contribution < 1.29 is 24.0 Å². The van der Waals surface area contributed by atoms with Gasteiger partial charge in [0.2, 0.25) is 0 Å². The summed E-state index contributed by atoms with van der Waals surface area (Å²) in [5, 5.41) is 3.21. The summed E-state index contributed by atoms with van der Waals surface area (Å²) in [7, 11) is 0. The molecule has 23 heavy (non-hydrogen) atoms. The minimum absolute atomic E-state index is 0.106. The van der Waals surface area contributed by atoms with E-state index in [0.29, 0.717) is 28.9 Å². The minimum atomic E-state index is -0.399. The zero-order valence-corrected chi connectivity index (χ0v) is 14.8. The van der Waals surface area contributed by atoms with E-state index in [2.05, 4.69) is 10.3 Å². The first-order valence-electron chi connectivity index (χ1n) is 7.82. The van der Waals surface area contributed by atoms with Gasteiger partial charge in [-0.25, -0.2) is 9.78 Å². The Morgan fingerprint density at radius 3 is 2.65 bits per heavy atom. The summed E-state index contributed by atoms with van der Waals surface area (Å²) in [5.41, 5.74) is 0.574. The van der Waals surface area contributed by atoms with Crippen molar-refractivity contribution >= 4 is 28.3 Å². The largest absolute Gasteiger partial charge is 0.462 e. The Morgan fingerprint density at radius 2 is 2.04 bits per heavy atom. The Morgan fingerprint density at radius 1 is 1.39 bits per heavy atom. The Kier molecular flexibility index (Phi) is 6.09. The van der Waals surface area contributed by atoms with Crippen LogP contribution in [0.3, 0.4) is 0 Å². The molecule has 0 aromatic carbocycles. The van der Waals surface area contributed by atoms with Crippen LogP contribution in [0.15, 0.2) is 0 Å². The smallest absolute Gasteiger partial charge is 0.350 e. The lowest BCUT2D eigenvalue weighted by atomic mass is 10.2. The van der Waals surface area contributed by atoms with Gasteiger partial charge in [0, 0.05) is 0 Å². The van der Waals surface area contributed by atoms with Crippen LogP contribution in [-0.4, -0.2) is 55.3 Å². The number of ether oxygens (including phenoxy) is 2. The number of carbonyl (C=O) groups is 2. The van der Waals surface area contributed by atoms with Crippen molar-refractivity contribution in [1.29, 1.82) is 0 Å². The van der Waals surface area contributed by atoms with Gasteiger partial charge in [-0.2, -0.15) is 0 Å². The van der Waals surface area contributed by atoms with E-state index < -0.39 is 5.97 Å². The van der Waals surface area contributed by atoms with Gasteiger partial charge < -0.3 is 14.4 Å². The van der Waals surface area contributed by atoms with Gasteiger partial charge in [-0.15, -0.1) is 0 Å². The standard InChI is InChI=1S/C15H23N3O4S/c1-5-21-14(20)13-11(4)16-15(23-13)17-12(19)8-18-6-9(2)22-10(3)7-18/h9-10H,5-8H2,1-4H3,(H,16,17,19)/p+1/t9-,10+. The fourth-order valence-corrected chi connectivity index (χ4v) is 3.64. The van der Waals surface area contributed by atoms with E-state index in [1.807, 2.05) is 13.8 Å². The molecule has 3 atom stereocenters. The minimum Gasteiger partial charge on any atom is -0.462 e. The molecule has 2 heterocycles. The highest BCUT2D eigenvalue weighted by atomic mass is 32.1. The third kappa shape index (κ3) is 4.98. The maximum Gasteiger partial charge on any atom is 0.350 e. The summed E-state index contributed by atoms with van der Waals surface area (Å²) in [6, 6.07) is 0. The van der Waals surface area contributed by atoms with Crippen LogP contribution >= 0.6 is 11.3 Å². The fraction of sp³-hybridized carbons (Fsp3) is 0.667. The van der Waals surface area contributed by atoms with Gasteiger partial charge in [0.25, 0.3) is 5.91 Å². The molecule has 0 aliphatic carbocycles. The number of aromatic nitrogens is 1. The Hall–Kier alpha value is -1.51. The second-order valence-electron chi connectivity index (χ2n) is 5.79.